The van der Waals surface area contributed by atoms with Crippen molar-refractivity contribution in [3.63, 3.8) is 0 Å². The van der Waals surface area contributed by atoms with Crippen molar-refractivity contribution in [3.8, 4) is 0 Å². The topological polar surface area (TPSA) is 121 Å². The van der Waals surface area contributed by atoms with E-state index in [1.165, 1.54) is 12.3 Å². The van der Waals surface area contributed by atoms with Crippen molar-refractivity contribution in [2.75, 3.05) is 23.4 Å². The number of carboxylic acid groups (broad SMARTS) is 1. The summed E-state index contributed by atoms with van der Waals surface area (Å²) in [4.78, 5) is 44.1. The van der Waals surface area contributed by atoms with Crippen LogP contribution in [0.15, 0.2) is 60.9 Å². The van der Waals surface area contributed by atoms with Gasteiger partial charge in [-0.2, -0.15) is 0 Å². The Kier molecular flexibility index (Phi) is 9.06. The number of anilines is 2. The van der Waals surface area contributed by atoms with Crippen molar-refractivity contribution in [1.82, 2.24) is 10.3 Å². The molecule has 2 heterocycles. The van der Waals surface area contributed by atoms with Gasteiger partial charge < -0.3 is 25.4 Å². The van der Waals surface area contributed by atoms with E-state index in [1.54, 1.807) is 48.7 Å². The van der Waals surface area contributed by atoms with Gasteiger partial charge in [-0.15, -0.1) is 0 Å². The molecule has 2 amide bonds. The number of carbonyl (C=O) groups is 3. The zero-order chi connectivity index (χ0) is 28.1. The van der Waals surface area contributed by atoms with Gasteiger partial charge in [0.15, 0.2) is 0 Å². The van der Waals surface area contributed by atoms with Gasteiger partial charge in [0.2, 0.25) is 0 Å². The van der Waals surface area contributed by atoms with Crippen LogP contribution in [0, 0.1) is 0 Å². The molecule has 3 N–H and O–H groups in total. The molecule has 0 saturated carbocycles. The number of ether oxygens (including phenoxy) is 1. The van der Waals surface area contributed by atoms with Gasteiger partial charge in [-0.1, -0.05) is 29.3 Å². The lowest BCUT2D eigenvalue weighted by atomic mass is 10.0. The molecule has 3 unspecified atom stereocenters. The van der Waals surface area contributed by atoms with Crippen LogP contribution >= 0.6 is 23.2 Å². The van der Waals surface area contributed by atoms with Crippen LogP contribution in [0.1, 0.15) is 52.6 Å². The lowest BCUT2D eigenvalue weighted by molar-refractivity contribution is -0.137. The van der Waals surface area contributed by atoms with E-state index in [2.05, 4.69) is 20.5 Å². The van der Waals surface area contributed by atoms with Crippen molar-refractivity contribution in [1.29, 1.82) is 0 Å². The van der Waals surface area contributed by atoms with Gasteiger partial charge >= 0.3 is 5.97 Å². The first-order valence-electron chi connectivity index (χ1n) is 12.3. The molecule has 4 rings (SSSR count). The quantitative estimate of drug-likeness (QED) is 0.340. The number of morpholine rings is 1. The van der Waals surface area contributed by atoms with Gasteiger partial charge in [0.25, 0.3) is 11.8 Å². The molecule has 1 fully saturated rings. The maximum Gasteiger partial charge on any atom is 0.305 e. The second-order valence-electron chi connectivity index (χ2n) is 9.37. The molecule has 1 aliphatic heterocycles. The van der Waals surface area contributed by atoms with Crippen LogP contribution in [0.3, 0.4) is 0 Å². The minimum atomic E-state index is -1.10. The summed E-state index contributed by atoms with van der Waals surface area (Å²) in [6.07, 6.45) is 2.67. The number of carboxylic acids is 1. The molecule has 0 spiro atoms. The van der Waals surface area contributed by atoms with Crippen LogP contribution in [-0.2, 0) is 9.53 Å². The summed E-state index contributed by atoms with van der Waals surface area (Å²) in [5, 5.41) is 15.7. The van der Waals surface area contributed by atoms with E-state index >= 15 is 0 Å². The van der Waals surface area contributed by atoms with Gasteiger partial charge in [0.05, 0.1) is 52.7 Å². The molecule has 1 aliphatic rings. The van der Waals surface area contributed by atoms with Gasteiger partial charge in [-0.3, -0.25) is 19.4 Å². The third-order valence-corrected chi connectivity index (χ3v) is 7.15. The minimum absolute atomic E-state index is 0.0251. The van der Waals surface area contributed by atoms with Crippen LogP contribution in [0.4, 0.5) is 11.4 Å². The Bertz CT molecular complexity index is 1360. The summed E-state index contributed by atoms with van der Waals surface area (Å²) >= 11 is 12.1. The van der Waals surface area contributed by atoms with E-state index in [4.69, 9.17) is 27.9 Å². The molecule has 3 atom stereocenters. The molecule has 1 saturated heterocycles. The van der Waals surface area contributed by atoms with Gasteiger partial charge in [-0.05, 0) is 61.9 Å². The second kappa shape index (κ2) is 12.5. The summed E-state index contributed by atoms with van der Waals surface area (Å²) in [5.74, 6) is -1.99. The van der Waals surface area contributed by atoms with E-state index in [0.29, 0.717) is 35.1 Å². The molecule has 2 aromatic carbocycles. The summed E-state index contributed by atoms with van der Waals surface area (Å²) in [6, 6.07) is 12.2. The Morgan fingerprint density at radius 1 is 1.03 bits per heavy atom. The fourth-order valence-electron chi connectivity index (χ4n) is 4.57. The Labute approximate surface area is 236 Å². The monoisotopic (exact) mass is 570 g/mol. The largest absolute Gasteiger partial charge is 0.481 e. The molecule has 0 aliphatic carbocycles. The van der Waals surface area contributed by atoms with Crippen molar-refractivity contribution in [2.24, 2.45) is 0 Å². The number of pyridine rings is 1. The zero-order valence-electron chi connectivity index (χ0n) is 21.4. The maximum absolute atomic E-state index is 13.4. The number of aromatic nitrogens is 1. The van der Waals surface area contributed by atoms with E-state index in [-0.39, 0.29) is 35.0 Å². The van der Waals surface area contributed by atoms with E-state index in [1.807, 2.05) is 13.8 Å². The number of hydrogen-bond acceptors (Lipinski definition) is 6. The summed E-state index contributed by atoms with van der Waals surface area (Å²) in [6.45, 7) is 5.08. The smallest absolute Gasteiger partial charge is 0.305 e. The number of rotatable bonds is 8. The number of aliphatic carboxylic acids is 1. The standard InChI is InChI=1S/C28H28Cl2N4O5/c1-16-14-39-15-17(2)34(16)25-8-6-19(11-24(25)33-28(38)20-4-3-9-31-13-20)27(37)32-23(12-26(35)36)18-5-7-21(29)22(30)10-18/h3-11,13,16-17,23H,12,14-15H2,1-2H3,(H,32,37)(H,33,38)(H,35,36). The number of nitrogens with one attached hydrogen (secondary N) is 2. The Hall–Kier alpha value is -3.66. The fraction of sp³-hybridized carbons (Fsp3) is 0.286. The van der Waals surface area contributed by atoms with E-state index in [0.717, 1.165) is 5.69 Å². The van der Waals surface area contributed by atoms with Crippen molar-refractivity contribution in [2.45, 2.75) is 38.4 Å². The first-order chi connectivity index (χ1) is 18.6. The Balaban J connectivity index is 1.67. The van der Waals surface area contributed by atoms with Crippen molar-refractivity contribution >= 4 is 52.4 Å². The molecule has 0 radical (unpaired) electrons. The van der Waals surface area contributed by atoms with Crippen LogP contribution in [0.5, 0.6) is 0 Å². The zero-order valence-corrected chi connectivity index (χ0v) is 22.9. The first kappa shape index (κ1) is 28.4. The van der Waals surface area contributed by atoms with Crippen LogP contribution < -0.4 is 15.5 Å². The maximum atomic E-state index is 13.4. The molecule has 1 aromatic heterocycles. The number of halogens is 2. The molecule has 0 bridgehead atoms. The Morgan fingerprint density at radius 3 is 2.41 bits per heavy atom. The molecule has 39 heavy (non-hydrogen) atoms. The third kappa shape index (κ3) is 6.86. The van der Waals surface area contributed by atoms with Crippen LogP contribution in [0.25, 0.3) is 0 Å². The fourth-order valence-corrected chi connectivity index (χ4v) is 4.88. The third-order valence-electron chi connectivity index (χ3n) is 6.41. The highest BCUT2D eigenvalue weighted by Gasteiger charge is 2.29. The number of nitrogens with zero attached hydrogens (tertiary/aromatic N) is 2. The summed E-state index contributed by atoms with van der Waals surface area (Å²) in [7, 11) is 0. The first-order valence-corrected chi connectivity index (χ1v) is 13.1. The highest BCUT2D eigenvalue weighted by molar-refractivity contribution is 6.42. The van der Waals surface area contributed by atoms with Crippen LogP contribution in [0.2, 0.25) is 10.0 Å². The summed E-state index contributed by atoms with van der Waals surface area (Å²) in [5.41, 5.74) is 2.27. The molecule has 204 valence electrons. The number of hydrogen-bond donors (Lipinski definition) is 3. The average molecular weight is 571 g/mol. The minimum Gasteiger partial charge on any atom is -0.481 e. The molecule has 9 nitrogen and oxygen atoms in total. The highest BCUT2D eigenvalue weighted by atomic mass is 35.5. The number of carbonyl (C=O) groups excluding carboxylic acids is 2. The number of benzene rings is 2. The van der Waals surface area contributed by atoms with Crippen molar-refractivity contribution in [3.05, 3.63) is 87.7 Å². The second-order valence-corrected chi connectivity index (χ2v) is 10.2. The normalized spacial score (nSPS) is 17.8. The summed E-state index contributed by atoms with van der Waals surface area (Å²) < 4.78 is 5.66. The van der Waals surface area contributed by atoms with Crippen LogP contribution in [-0.4, -0.2) is 53.2 Å². The number of amides is 2. The van der Waals surface area contributed by atoms with Gasteiger partial charge in [0.1, 0.15) is 0 Å². The SMILES string of the molecule is CC1COCC(C)N1c1ccc(C(=O)NC(CC(=O)O)c2ccc(Cl)c(Cl)c2)cc1NC(=O)c1cccnc1. The van der Waals surface area contributed by atoms with E-state index in [9.17, 15) is 19.5 Å². The molecular formula is C28H28Cl2N4O5. The lowest BCUT2D eigenvalue weighted by Gasteiger charge is -2.41. The Morgan fingerprint density at radius 2 is 1.77 bits per heavy atom. The molecule has 3 aromatic rings. The average Bonchev–Trinajstić information content (AvgIpc) is 2.90. The predicted molar refractivity (Wildman–Crippen MR) is 150 cm³/mol. The van der Waals surface area contributed by atoms with Gasteiger partial charge in [0, 0.05) is 30.0 Å². The lowest BCUT2D eigenvalue weighted by Crippen LogP contribution is -2.50. The predicted octanol–water partition coefficient (Wildman–Crippen LogP) is 5.20. The van der Waals surface area contributed by atoms with Crippen molar-refractivity contribution < 1.29 is 24.2 Å². The highest BCUT2D eigenvalue weighted by Crippen LogP contribution is 2.33. The van der Waals surface area contributed by atoms with Gasteiger partial charge in [-0.25, -0.2) is 0 Å². The molecular weight excluding hydrogens is 543 g/mol. The molecule has 11 heteroatoms. The van der Waals surface area contributed by atoms with E-state index < -0.39 is 17.9 Å².